The molecule has 0 aliphatic heterocycles. The van der Waals surface area contributed by atoms with Crippen LogP contribution in [0.15, 0.2) is 0 Å². The normalized spacial score (nSPS) is 13.4. The minimum atomic E-state index is 0.0866. The molecule has 11 heavy (non-hydrogen) atoms. The molecule has 0 spiro atoms. The minimum Gasteiger partial charge on any atom is -0.394 e. The fourth-order valence-corrected chi connectivity index (χ4v) is 0.593. The van der Waals surface area contributed by atoms with Crippen molar-refractivity contribution in [2.75, 3.05) is 26.4 Å². The van der Waals surface area contributed by atoms with E-state index in [9.17, 15) is 0 Å². The van der Waals surface area contributed by atoms with Crippen molar-refractivity contribution >= 4 is 0 Å². The van der Waals surface area contributed by atoms with E-state index in [0.717, 1.165) is 6.42 Å². The van der Waals surface area contributed by atoms with Crippen LogP contribution in [0.25, 0.3) is 0 Å². The first-order valence-electron chi connectivity index (χ1n) is 4.11. The van der Waals surface area contributed by atoms with Gasteiger partial charge in [0.1, 0.15) is 0 Å². The first kappa shape index (κ1) is 10.9. The SMILES string of the molecule is CCC(C)OCCOCCO. The van der Waals surface area contributed by atoms with Crippen molar-refractivity contribution in [1.82, 2.24) is 0 Å². The van der Waals surface area contributed by atoms with Gasteiger partial charge in [-0.2, -0.15) is 0 Å². The molecule has 68 valence electrons. The largest absolute Gasteiger partial charge is 0.394 e. The first-order valence-corrected chi connectivity index (χ1v) is 4.11. The molecule has 1 atom stereocenters. The molecule has 0 saturated carbocycles. The molecule has 0 aromatic carbocycles. The van der Waals surface area contributed by atoms with Crippen molar-refractivity contribution in [2.45, 2.75) is 26.4 Å². The number of aliphatic hydroxyl groups excluding tert-OH is 1. The van der Waals surface area contributed by atoms with E-state index in [2.05, 4.69) is 6.92 Å². The molecule has 1 unspecified atom stereocenters. The predicted octanol–water partition coefficient (Wildman–Crippen LogP) is 0.810. The third-order valence-electron chi connectivity index (χ3n) is 1.44. The minimum absolute atomic E-state index is 0.0866. The molecule has 0 saturated heterocycles. The summed E-state index contributed by atoms with van der Waals surface area (Å²) in [6.45, 7) is 5.80. The Morgan fingerprint density at radius 3 is 2.55 bits per heavy atom. The van der Waals surface area contributed by atoms with Gasteiger partial charge in [0.2, 0.25) is 0 Å². The van der Waals surface area contributed by atoms with E-state index >= 15 is 0 Å². The van der Waals surface area contributed by atoms with Crippen LogP contribution in [0.5, 0.6) is 0 Å². The molecule has 0 bridgehead atoms. The van der Waals surface area contributed by atoms with Gasteiger partial charge in [-0.1, -0.05) is 6.92 Å². The van der Waals surface area contributed by atoms with Gasteiger partial charge in [0.05, 0.1) is 32.5 Å². The van der Waals surface area contributed by atoms with Gasteiger partial charge in [0, 0.05) is 0 Å². The standard InChI is InChI=1S/C8H18O3/c1-3-8(2)11-7-6-10-5-4-9/h8-9H,3-7H2,1-2H3. The van der Waals surface area contributed by atoms with E-state index in [1.54, 1.807) is 0 Å². The Hall–Kier alpha value is -0.120. The third-order valence-corrected chi connectivity index (χ3v) is 1.44. The van der Waals surface area contributed by atoms with Crippen LogP contribution in [-0.2, 0) is 9.47 Å². The van der Waals surface area contributed by atoms with Crippen molar-refractivity contribution in [3.05, 3.63) is 0 Å². The average Bonchev–Trinajstić information content (AvgIpc) is 2.04. The van der Waals surface area contributed by atoms with E-state index in [1.807, 2.05) is 6.92 Å². The van der Waals surface area contributed by atoms with Crippen LogP contribution in [0.2, 0.25) is 0 Å². The van der Waals surface area contributed by atoms with Crippen molar-refractivity contribution in [2.24, 2.45) is 0 Å². The molecule has 0 rings (SSSR count). The summed E-state index contributed by atoms with van der Waals surface area (Å²) in [5.74, 6) is 0. The lowest BCUT2D eigenvalue weighted by Gasteiger charge is -2.09. The van der Waals surface area contributed by atoms with Gasteiger partial charge in [0.15, 0.2) is 0 Å². The molecule has 0 aromatic heterocycles. The summed E-state index contributed by atoms with van der Waals surface area (Å²) in [6, 6.07) is 0. The second-order valence-corrected chi connectivity index (χ2v) is 2.43. The lowest BCUT2D eigenvalue weighted by atomic mass is 10.3. The molecule has 0 aromatic rings. The molecule has 0 aliphatic rings. The van der Waals surface area contributed by atoms with E-state index in [0.29, 0.717) is 25.9 Å². The molecule has 0 fully saturated rings. The monoisotopic (exact) mass is 162 g/mol. The van der Waals surface area contributed by atoms with Crippen LogP contribution < -0.4 is 0 Å². The van der Waals surface area contributed by atoms with Crippen molar-refractivity contribution in [1.29, 1.82) is 0 Å². The van der Waals surface area contributed by atoms with Gasteiger partial charge in [-0.05, 0) is 13.3 Å². The molecular formula is C8H18O3. The van der Waals surface area contributed by atoms with E-state index in [4.69, 9.17) is 14.6 Å². The zero-order valence-corrected chi connectivity index (χ0v) is 7.38. The van der Waals surface area contributed by atoms with Gasteiger partial charge in [-0.25, -0.2) is 0 Å². The van der Waals surface area contributed by atoms with Crippen LogP contribution in [0.4, 0.5) is 0 Å². The number of rotatable bonds is 7. The van der Waals surface area contributed by atoms with Crippen LogP contribution in [-0.4, -0.2) is 37.6 Å². The highest BCUT2D eigenvalue weighted by Gasteiger charge is 1.96. The highest BCUT2D eigenvalue weighted by Crippen LogP contribution is 1.94. The lowest BCUT2D eigenvalue weighted by Crippen LogP contribution is -2.12. The summed E-state index contributed by atoms with van der Waals surface area (Å²) in [4.78, 5) is 0. The molecule has 3 nitrogen and oxygen atoms in total. The predicted molar refractivity (Wildman–Crippen MR) is 43.6 cm³/mol. The Balaban J connectivity index is 2.89. The summed E-state index contributed by atoms with van der Waals surface area (Å²) >= 11 is 0. The maximum atomic E-state index is 8.36. The van der Waals surface area contributed by atoms with Crippen molar-refractivity contribution in [3.63, 3.8) is 0 Å². The summed E-state index contributed by atoms with van der Waals surface area (Å²) < 4.78 is 10.3. The highest BCUT2D eigenvalue weighted by molar-refractivity contribution is 4.43. The quantitative estimate of drug-likeness (QED) is 0.563. The van der Waals surface area contributed by atoms with Gasteiger partial charge >= 0.3 is 0 Å². The van der Waals surface area contributed by atoms with Gasteiger partial charge < -0.3 is 14.6 Å². The number of hydrogen-bond donors (Lipinski definition) is 1. The van der Waals surface area contributed by atoms with Gasteiger partial charge in [-0.3, -0.25) is 0 Å². The topological polar surface area (TPSA) is 38.7 Å². The molecule has 0 amide bonds. The zero-order valence-electron chi connectivity index (χ0n) is 7.38. The van der Waals surface area contributed by atoms with Gasteiger partial charge in [-0.15, -0.1) is 0 Å². The molecule has 0 aliphatic carbocycles. The summed E-state index contributed by atoms with van der Waals surface area (Å²) in [7, 11) is 0. The summed E-state index contributed by atoms with van der Waals surface area (Å²) in [6.07, 6.45) is 1.34. The van der Waals surface area contributed by atoms with Crippen LogP contribution in [0.3, 0.4) is 0 Å². The fraction of sp³-hybridized carbons (Fsp3) is 1.00. The molecule has 0 radical (unpaired) electrons. The highest BCUT2D eigenvalue weighted by atomic mass is 16.5. The summed E-state index contributed by atoms with van der Waals surface area (Å²) in [5, 5.41) is 8.36. The zero-order chi connectivity index (χ0) is 8.53. The Morgan fingerprint density at radius 1 is 1.27 bits per heavy atom. The maximum Gasteiger partial charge on any atom is 0.0704 e. The number of hydrogen-bond acceptors (Lipinski definition) is 3. The fourth-order valence-electron chi connectivity index (χ4n) is 0.593. The second kappa shape index (κ2) is 7.98. The maximum absolute atomic E-state index is 8.36. The second-order valence-electron chi connectivity index (χ2n) is 2.43. The van der Waals surface area contributed by atoms with E-state index in [1.165, 1.54) is 0 Å². The van der Waals surface area contributed by atoms with Crippen LogP contribution >= 0.6 is 0 Å². The molecule has 1 N–H and O–H groups in total. The molecule has 3 heteroatoms. The lowest BCUT2D eigenvalue weighted by molar-refractivity contribution is 0.00316. The average molecular weight is 162 g/mol. The Kier molecular flexibility index (Phi) is 7.89. The Morgan fingerprint density at radius 2 is 2.00 bits per heavy atom. The smallest absolute Gasteiger partial charge is 0.0704 e. The molecule has 0 heterocycles. The van der Waals surface area contributed by atoms with E-state index < -0.39 is 0 Å². The number of aliphatic hydroxyl groups is 1. The van der Waals surface area contributed by atoms with Gasteiger partial charge in [0.25, 0.3) is 0 Å². The Labute approximate surface area is 68.3 Å². The Bertz CT molecular complexity index is 75.7. The first-order chi connectivity index (χ1) is 5.31. The van der Waals surface area contributed by atoms with Crippen molar-refractivity contribution in [3.8, 4) is 0 Å². The molecular weight excluding hydrogens is 144 g/mol. The van der Waals surface area contributed by atoms with E-state index in [-0.39, 0.29) is 6.61 Å². The number of ether oxygens (including phenoxy) is 2. The third kappa shape index (κ3) is 7.78. The van der Waals surface area contributed by atoms with Crippen LogP contribution in [0.1, 0.15) is 20.3 Å². The summed E-state index contributed by atoms with van der Waals surface area (Å²) in [5.41, 5.74) is 0. The van der Waals surface area contributed by atoms with Crippen LogP contribution in [0, 0.1) is 0 Å². The van der Waals surface area contributed by atoms with Crippen molar-refractivity contribution < 1.29 is 14.6 Å².